The van der Waals surface area contributed by atoms with E-state index in [1.807, 2.05) is 10.6 Å². The number of nitrogens with zero attached hydrogens (tertiary/aromatic N) is 4. The molecule has 1 saturated carbocycles. The highest BCUT2D eigenvalue weighted by molar-refractivity contribution is 5.79. The number of methoxy groups -OCH3 is 1. The first-order valence-electron chi connectivity index (χ1n) is 12.8. The van der Waals surface area contributed by atoms with Crippen LogP contribution in [-0.2, 0) is 34.0 Å². The summed E-state index contributed by atoms with van der Waals surface area (Å²) < 4.78 is 26.3. The van der Waals surface area contributed by atoms with E-state index >= 15 is 0 Å². The molecule has 8 N–H and O–H groups in total. The number of ether oxygens (including phenoxy) is 2. The second-order valence-electron chi connectivity index (χ2n) is 9.14. The van der Waals surface area contributed by atoms with Crippen molar-refractivity contribution in [1.82, 2.24) is 20.0 Å². The lowest BCUT2D eigenvalue weighted by Crippen LogP contribution is -2.31. The average Bonchev–Trinajstić information content (AvgIpc) is 3.74. The van der Waals surface area contributed by atoms with Crippen molar-refractivity contribution < 1.29 is 23.5 Å². The summed E-state index contributed by atoms with van der Waals surface area (Å²) >= 11 is 0. The van der Waals surface area contributed by atoms with E-state index in [-0.39, 0.29) is 18.1 Å². The predicted molar refractivity (Wildman–Crippen MR) is 153 cm³/mol. The topological polar surface area (TPSA) is 188 Å². The molecule has 1 aliphatic rings. The van der Waals surface area contributed by atoms with E-state index in [0.29, 0.717) is 43.2 Å². The Morgan fingerprint density at radius 2 is 2.07 bits per heavy atom. The molecule has 1 aliphatic carbocycles. The number of benzene rings is 1. The molecular weight excluding hydrogens is 533 g/mol. The third-order valence-corrected chi connectivity index (χ3v) is 6.10. The van der Waals surface area contributed by atoms with E-state index in [2.05, 4.69) is 33.0 Å². The van der Waals surface area contributed by atoms with Crippen molar-refractivity contribution in [2.24, 2.45) is 22.5 Å². The molecule has 14 heteroatoms. The molecule has 0 atom stereocenters. The molecule has 0 spiro atoms. The average molecular weight is 570 g/mol. The molecular formula is C27H36FN9O4. The molecule has 0 saturated heterocycles. The number of pyridine rings is 1. The Morgan fingerprint density at radius 1 is 1.29 bits per heavy atom. The number of hydrazone groups is 1. The highest BCUT2D eigenvalue weighted by Crippen LogP contribution is 2.40. The second kappa shape index (κ2) is 15.3. The van der Waals surface area contributed by atoms with Gasteiger partial charge in [-0.3, -0.25) is 9.80 Å². The lowest BCUT2D eigenvalue weighted by Gasteiger charge is -2.18. The fourth-order valence-electron chi connectivity index (χ4n) is 4.07. The molecule has 0 radical (unpaired) electrons. The van der Waals surface area contributed by atoms with Gasteiger partial charge in [-0.15, -0.1) is 0 Å². The number of anilines is 1. The van der Waals surface area contributed by atoms with Gasteiger partial charge in [0.25, 0.3) is 0 Å². The number of nitrogens with two attached hydrogens (primary N) is 3. The summed E-state index contributed by atoms with van der Waals surface area (Å²) in [6.45, 7) is 1.20. The number of carbonyl (C=O) groups excluding carboxylic acids is 2. The van der Waals surface area contributed by atoms with Crippen molar-refractivity contribution in [1.29, 1.82) is 0 Å². The number of imidazole rings is 1. The monoisotopic (exact) mass is 569 g/mol. The molecule has 1 aromatic carbocycles. The van der Waals surface area contributed by atoms with Crippen LogP contribution in [0.15, 0.2) is 47.6 Å². The number of aromatic nitrogens is 2. The van der Waals surface area contributed by atoms with Crippen molar-refractivity contribution in [3.63, 3.8) is 0 Å². The van der Waals surface area contributed by atoms with Gasteiger partial charge in [-0.25, -0.2) is 15.2 Å². The number of hydrogen-bond donors (Lipinski definition) is 5. The maximum atomic E-state index is 14.0. The van der Waals surface area contributed by atoms with Crippen LogP contribution in [0, 0.1) is 5.82 Å². The van der Waals surface area contributed by atoms with Crippen LogP contribution in [0.4, 0.5) is 10.1 Å². The first kappa shape index (κ1) is 31.0. The van der Waals surface area contributed by atoms with Crippen molar-refractivity contribution >= 4 is 30.2 Å². The highest BCUT2D eigenvalue weighted by atomic mass is 19.1. The zero-order chi connectivity index (χ0) is 29.8. The van der Waals surface area contributed by atoms with Crippen LogP contribution in [0.1, 0.15) is 41.1 Å². The van der Waals surface area contributed by atoms with Gasteiger partial charge in [0.05, 0.1) is 37.3 Å². The van der Waals surface area contributed by atoms with Crippen molar-refractivity contribution in [3.05, 3.63) is 70.7 Å². The third kappa shape index (κ3) is 8.48. The minimum Gasteiger partial charge on any atom is -0.494 e. The minimum absolute atomic E-state index is 0.0741. The summed E-state index contributed by atoms with van der Waals surface area (Å²) in [5.74, 6) is 11.0. The summed E-state index contributed by atoms with van der Waals surface area (Å²) in [6, 6.07) is 5.25. The molecule has 41 heavy (non-hydrogen) atoms. The Balaban J connectivity index is 0.000000241. The quantitative estimate of drug-likeness (QED) is 0.0356. The lowest BCUT2D eigenvalue weighted by molar-refractivity contribution is -0.112. The van der Waals surface area contributed by atoms with Gasteiger partial charge < -0.3 is 40.9 Å². The summed E-state index contributed by atoms with van der Waals surface area (Å²) in [7, 11) is 3.11. The zero-order valence-electron chi connectivity index (χ0n) is 23.0. The predicted octanol–water partition coefficient (Wildman–Crippen LogP) is 1.15. The van der Waals surface area contributed by atoms with E-state index in [1.54, 1.807) is 13.1 Å². The summed E-state index contributed by atoms with van der Waals surface area (Å²) in [5.41, 5.74) is 10.3. The largest absolute Gasteiger partial charge is 0.494 e. The van der Waals surface area contributed by atoms with Gasteiger partial charge in [0, 0.05) is 36.3 Å². The molecule has 2 aromatic heterocycles. The van der Waals surface area contributed by atoms with Gasteiger partial charge in [0.15, 0.2) is 17.9 Å². The fourth-order valence-corrected chi connectivity index (χ4v) is 4.07. The molecule has 13 nitrogen and oxygen atoms in total. The zero-order valence-corrected chi connectivity index (χ0v) is 23.0. The fraction of sp³-hybridized carbons (Fsp3) is 0.333. The van der Waals surface area contributed by atoms with Gasteiger partial charge in [0.1, 0.15) is 24.9 Å². The summed E-state index contributed by atoms with van der Waals surface area (Å²) in [5, 5.41) is 10.3. The third-order valence-electron chi connectivity index (χ3n) is 6.10. The molecule has 220 valence electrons. The van der Waals surface area contributed by atoms with Crippen molar-refractivity contribution in [2.75, 3.05) is 25.8 Å². The number of hydrazine groups is 1. The van der Waals surface area contributed by atoms with Crippen molar-refractivity contribution in [2.45, 2.75) is 38.5 Å². The van der Waals surface area contributed by atoms with E-state index in [4.69, 9.17) is 26.9 Å². The number of aldehydes is 2. The van der Waals surface area contributed by atoms with Crippen molar-refractivity contribution in [3.8, 4) is 5.75 Å². The van der Waals surface area contributed by atoms with Gasteiger partial charge in [-0.05, 0) is 49.6 Å². The van der Waals surface area contributed by atoms with Crippen LogP contribution >= 0.6 is 0 Å². The number of rotatable bonds is 14. The van der Waals surface area contributed by atoms with E-state index in [9.17, 15) is 14.0 Å². The molecule has 1 fully saturated rings. The maximum absolute atomic E-state index is 14.0. The first-order valence-corrected chi connectivity index (χ1v) is 12.8. The molecule has 4 rings (SSSR count). The van der Waals surface area contributed by atoms with Crippen LogP contribution in [0.3, 0.4) is 0 Å². The van der Waals surface area contributed by atoms with Crippen LogP contribution in [0.25, 0.3) is 5.65 Å². The SMILES string of the molecule is CNCc1c(N(N)/C=N\N)ccc(OC)c1F.N/C(C=O)=C\NCc1cn2cc(C3CC3)cc(COCC=O)c2n1. The summed E-state index contributed by atoms with van der Waals surface area (Å²) in [4.78, 5) is 25.5. The molecule has 0 unspecified atom stereocenters. The summed E-state index contributed by atoms with van der Waals surface area (Å²) in [6.07, 6.45) is 10.4. The van der Waals surface area contributed by atoms with Crippen LogP contribution in [-0.4, -0.2) is 49.1 Å². The van der Waals surface area contributed by atoms with Gasteiger partial charge in [-0.2, -0.15) is 5.10 Å². The molecule has 2 heterocycles. The molecule has 0 bridgehead atoms. The Morgan fingerprint density at radius 3 is 2.71 bits per heavy atom. The van der Waals surface area contributed by atoms with E-state index in [1.165, 1.54) is 44.1 Å². The van der Waals surface area contributed by atoms with Crippen LogP contribution in [0.2, 0.25) is 0 Å². The lowest BCUT2D eigenvalue weighted by atomic mass is 10.1. The van der Waals surface area contributed by atoms with E-state index in [0.717, 1.165) is 28.2 Å². The Kier molecular flexibility index (Phi) is 11.6. The first-order chi connectivity index (χ1) is 19.9. The smallest absolute Gasteiger partial charge is 0.171 e. The molecule has 0 amide bonds. The Hall–Kier alpha value is -4.53. The standard InChI is InChI=1S/C17H20N4O3.C10H16FN5O/c18-15(10-23)6-19-7-16-9-21-8-13(12-1-2-12)5-14(17(21)20-16)11-24-4-3-22;1-14-5-7-8(16(13)6-15-12)3-4-9(17-2)10(7)11/h3,5-6,8-10,12,19H,1-2,4,7,11,18H2;3-4,6,14H,5,12-13H2,1-2H3/b2*15-6-. The number of halogens is 1. The Labute approximate surface area is 237 Å². The van der Waals surface area contributed by atoms with Gasteiger partial charge in [0.2, 0.25) is 0 Å². The van der Waals surface area contributed by atoms with Crippen LogP contribution in [0.5, 0.6) is 5.75 Å². The number of nitrogens with one attached hydrogen (secondary N) is 2. The normalized spacial score (nSPS) is 13.1. The van der Waals surface area contributed by atoms with E-state index < -0.39 is 5.82 Å². The molecule has 0 aliphatic heterocycles. The highest BCUT2D eigenvalue weighted by Gasteiger charge is 2.25. The number of allylic oxidation sites excluding steroid dienone is 1. The van der Waals surface area contributed by atoms with Gasteiger partial charge in [-0.1, -0.05) is 0 Å². The maximum Gasteiger partial charge on any atom is 0.171 e. The Bertz CT molecular complexity index is 1390. The van der Waals surface area contributed by atoms with Crippen LogP contribution < -0.4 is 37.8 Å². The number of hydrogen-bond acceptors (Lipinski definition) is 11. The second-order valence-corrected chi connectivity index (χ2v) is 9.14. The van der Waals surface area contributed by atoms with Gasteiger partial charge >= 0.3 is 0 Å². The number of fused-ring (bicyclic) bond motifs is 1. The minimum atomic E-state index is -0.458. The molecule has 3 aromatic rings. The number of carbonyl (C=O) groups is 2.